The van der Waals surface area contributed by atoms with Crippen molar-refractivity contribution in [3.63, 3.8) is 0 Å². The molecule has 6 nitrogen and oxygen atoms in total. The Kier molecular flexibility index (Phi) is 4.62. The molecule has 0 saturated heterocycles. The van der Waals surface area contributed by atoms with E-state index in [4.69, 9.17) is 0 Å². The number of benzene rings is 2. The van der Waals surface area contributed by atoms with Crippen molar-refractivity contribution in [3.8, 4) is 0 Å². The zero-order valence-electron chi connectivity index (χ0n) is 14.4. The number of aromatic nitrogens is 2. The number of fused-ring (bicyclic) bond motifs is 2. The van der Waals surface area contributed by atoms with E-state index in [1.165, 1.54) is 17.3 Å². The Balaban J connectivity index is 1.33. The van der Waals surface area contributed by atoms with Crippen LogP contribution in [0.2, 0.25) is 0 Å². The number of nitrogens with zero attached hydrogens (tertiary/aromatic N) is 3. The van der Waals surface area contributed by atoms with E-state index < -0.39 is 0 Å². The molecular weight excluding hydrogens is 346 g/mol. The van der Waals surface area contributed by atoms with Gasteiger partial charge in [-0.25, -0.2) is 9.98 Å². The molecule has 3 aromatic rings. The van der Waals surface area contributed by atoms with Gasteiger partial charge in [0.15, 0.2) is 5.16 Å². The molecule has 26 heavy (non-hydrogen) atoms. The summed E-state index contributed by atoms with van der Waals surface area (Å²) in [6.07, 6.45) is 1.71. The quantitative estimate of drug-likeness (QED) is 0.553. The van der Waals surface area contributed by atoms with Crippen LogP contribution < -0.4 is 10.9 Å². The van der Waals surface area contributed by atoms with Crippen LogP contribution in [0.5, 0.6) is 0 Å². The van der Waals surface area contributed by atoms with E-state index in [1.54, 1.807) is 0 Å². The van der Waals surface area contributed by atoms with Crippen molar-refractivity contribution in [3.05, 3.63) is 54.1 Å². The van der Waals surface area contributed by atoms with Gasteiger partial charge in [0, 0.05) is 13.5 Å². The number of hydrogen-bond donors (Lipinski definition) is 2. The lowest BCUT2D eigenvalue weighted by Crippen LogP contribution is -2.43. The molecule has 0 fully saturated rings. The number of imidazole rings is 1. The van der Waals surface area contributed by atoms with Gasteiger partial charge in [0.25, 0.3) is 0 Å². The first-order valence-electron chi connectivity index (χ1n) is 8.45. The molecule has 0 saturated carbocycles. The van der Waals surface area contributed by atoms with Crippen molar-refractivity contribution in [2.24, 2.45) is 12.0 Å². The minimum absolute atomic E-state index is 0.108. The first-order valence-corrected chi connectivity index (χ1v) is 9.44. The molecule has 0 aliphatic carbocycles. The number of amidine groups is 1. The van der Waals surface area contributed by atoms with Crippen LogP contribution in [0.3, 0.4) is 0 Å². The minimum Gasteiger partial charge on any atom is -0.322 e. The lowest BCUT2D eigenvalue weighted by atomic mass is 10.0. The number of para-hydroxylation sites is 3. The van der Waals surface area contributed by atoms with Crippen LogP contribution in [0, 0.1) is 0 Å². The van der Waals surface area contributed by atoms with Gasteiger partial charge in [-0.05, 0) is 30.2 Å². The fraction of sp³-hybridized carbons (Fsp3) is 0.211. The van der Waals surface area contributed by atoms with E-state index in [0.29, 0.717) is 0 Å². The Morgan fingerprint density at radius 1 is 1.15 bits per heavy atom. The van der Waals surface area contributed by atoms with Crippen molar-refractivity contribution in [2.75, 3.05) is 5.75 Å². The van der Waals surface area contributed by atoms with Crippen LogP contribution in [0.1, 0.15) is 12.0 Å². The zero-order chi connectivity index (χ0) is 17.9. The van der Waals surface area contributed by atoms with Crippen molar-refractivity contribution in [1.29, 1.82) is 0 Å². The summed E-state index contributed by atoms with van der Waals surface area (Å²) < 4.78 is 2.00. The Morgan fingerprint density at radius 3 is 2.85 bits per heavy atom. The van der Waals surface area contributed by atoms with Crippen LogP contribution in [0.15, 0.2) is 58.7 Å². The Labute approximate surface area is 155 Å². The molecule has 7 heteroatoms. The highest BCUT2D eigenvalue weighted by molar-refractivity contribution is 7.99. The standard InChI is InChI=1S/C19H19N5OS/c1-24-16-9-5-4-8-15(16)21-19(24)26-12-18(25)23-22-17-11-10-13-6-2-3-7-14(13)20-17/h2-9H,10-12H2,1H3,(H,20,22)(H,23,25). The molecule has 0 spiro atoms. The lowest BCUT2D eigenvalue weighted by molar-refractivity contribution is -0.119. The van der Waals surface area contributed by atoms with Crippen LogP contribution in [0.4, 0.5) is 5.69 Å². The maximum Gasteiger partial charge on any atom is 0.248 e. The van der Waals surface area contributed by atoms with Crippen LogP contribution in [-0.2, 0) is 18.3 Å². The molecule has 2 aromatic carbocycles. The highest BCUT2D eigenvalue weighted by atomic mass is 32.2. The van der Waals surface area contributed by atoms with E-state index in [-0.39, 0.29) is 11.7 Å². The van der Waals surface area contributed by atoms with Gasteiger partial charge in [-0.3, -0.25) is 15.6 Å². The number of hydrazine groups is 1. The summed E-state index contributed by atoms with van der Waals surface area (Å²) in [7, 11) is 1.96. The van der Waals surface area contributed by atoms with Gasteiger partial charge in [0.2, 0.25) is 5.91 Å². The number of carbonyl (C=O) groups excluding carboxylic acids is 1. The molecule has 1 aliphatic heterocycles. The number of rotatable bonds is 3. The van der Waals surface area contributed by atoms with Gasteiger partial charge in [0.05, 0.1) is 22.5 Å². The second-order valence-corrected chi connectivity index (χ2v) is 7.03. The van der Waals surface area contributed by atoms with E-state index in [0.717, 1.165) is 40.6 Å². The third-order valence-electron chi connectivity index (χ3n) is 4.30. The molecule has 0 radical (unpaired) electrons. The van der Waals surface area contributed by atoms with E-state index in [9.17, 15) is 4.79 Å². The Hall–Kier alpha value is -2.80. The number of aliphatic imine (C=N–C) groups is 1. The third kappa shape index (κ3) is 3.43. The maximum absolute atomic E-state index is 12.1. The van der Waals surface area contributed by atoms with Crippen LogP contribution >= 0.6 is 11.8 Å². The minimum atomic E-state index is -0.108. The van der Waals surface area contributed by atoms with Gasteiger partial charge >= 0.3 is 0 Å². The molecule has 1 aliphatic rings. The van der Waals surface area contributed by atoms with Crippen molar-refractivity contribution in [1.82, 2.24) is 20.4 Å². The third-order valence-corrected chi connectivity index (χ3v) is 5.33. The number of thioether (sulfide) groups is 1. The molecule has 0 bridgehead atoms. The average molecular weight is 365 g/mol. The molecule has 4 rings (SSSR count). The van der Waals surface area contributed by atoms with Crippen LogP contribution in [0.25, 0.3) is 11.0 Å². The van der Waals surface area contributed by atoms with Crippen molar-refractivity contribution < 1.29 is 4.79 Å². The number of nitrogens with one attached hydrogen (secondary N) is 2. The Bertz CT molecular complexity index is 995. The highest BCUT2D eigenvalue weighted by Gasteiger charge is 2.13. The molecule has 132 valence electrons. The summed E-state index contributed by atoms with van der Waals surface area (Å²) in [5.74, 6) is 0.960. The predicted octanol–water partition coefficient (Wildman–Crippen LogP) is 2.96. The molecule has 1 aromatic heterocycles. The summed E-state index contributed by atoms with van der Waals surface area (Å²) in [6, 6.07) is 16.0. The fourth-order valence-electron chi connectivity index (χ4n) is 2.94. The van der Waals surface area contributed by atoms with Crippen molar-refractivity contribution >= 4 is 40.2 Å². The first kappa shape index (κ1) is 16.7. The van der Waals surface area contributed by atoms with Gasteiger partial charge in [-0.15, -0.1) is 0 Å². The van der Waals surface area contributed by atoms with Crippen molar-refractivity contribution in [2.45, 2.75) is 18.0 Å². The summed E-state index contributed by atoms with van der Waals surface area (Å²) >= 11 is 1.42. The number of hydrogen-bond acceptors (Lipinski definition) is 5. The van der Waals surface area contributed by atoms with E-state index in [1.807, 2.05) is 54.1 Å². The number of aryl methyl sites for hydroxylation is 2. The molecule has 2 heterocycles. The number of carbonyl (C=O) groups is 1. The molecule has 2 N–H and O–H groups in total. The molecule has 0 unspecified atom stereocenters. The summed E-state index contributed by atoms with van der Waals surface area (Å²) in [5.41, 5.74) is 9.87. The van der Waals surface area contributed by atoms with E-state index in [2.05, 4.69) is 26.9 Å². The monoisotopic (exact) mass is 365 g/mol. The van der Waals surface area contributed by atoms with Crippen LogP contribution in [-0.4, -0.2) is 27.0 Å². The SMILES string of the molecule is Cn1c(SCC(=O)NNC2=Nc3ccccc3CC2)nc2ccccc21. The highest BCUT2D eigenvalue weighted by Crippen LogP contribution is 2.24. The smallest absolute Gasteiger partial charge is 0.248 e. The zero-order valence-corrected chi connectivity index (χ0v) is 15.2. The maximum atomic E-state index is 12.1. The van der Waals surface area contributed by atoms with Gasteiger partial charge in [-0.1, -0.05) is 42.1 Å². The lowest BCUT2D eigenvalue weighted by Gasteiger charge is -2.17. The molecule has 1 amide bonds. The second-order valence-electron chi connectivity index (χ2n) is 6.09. The van der Waals surface area contributed by atoms with Gasteiger partial charge in [0.1, 0.15) is 5.84 Å². The normalized spacial score (nSPS) is 13.2. The van der Waals surface area contributed by atoms with E-state index >= 15 is 0 Å². The summed E-state index contributed by atoms with van der Waals surface area (Å²) in [4.78, 5) is 21.3. The number of amides is 1. The summed E-state index contributed by atoms with van der Waals surface area (Å²) in [6.45, 7) is 0. The summed E-state index contributed by atoms with van der Waals surface area (Å²) in [5, 5.41) is 0.824. The molecular formula is C19H19N5OS. The fourth-order valence-corrected chi connectivity index (χ4v) is 3.72. The second kappa shape index (κ2) is 7.21. The average Bonchev–Trinajstić information content (AvgIpc) is 3.00. The first-order chi connectivity index (χ1) is 12.7. The van der Waals surface area contributed by atoms with Gasteiger partial charge in [-0.2, -0.15) is 0 Å². The van der Waals surface area contributed by atoms with Gasteiger partial charge < -0.3 is 4.57 Å². The topological polar surface area (TPSA) is 71.3 Å². The Morgan fingerprint density at radius 2 is 1.96 bits per heavy atom. The molecule has 0 atom stereocenters. The largest absolute Gasteiger partial charge is 0.322 e. The predicted molar refractivity (Wildman–Crippen MR) is 105 cm³/mol.